The van der Waals surface area contributed by atoms with Gasteiger partial charge in [0.15, 0.2) is 6.54 Å². The molecule has 2 aromatic rings. The van der Waals surface area contributed by atoms with E-state index in [-0.39, 0.29) is 18.4 Å². The fourth-order valence-electron chi connectivity index (χ4n) is 3.00. The third-order valence-electron chi connectivity index (χ3n) is 4.63. The first-order valence-electron chi connectivity index (χ1n) is 9.23. The minimum absolute atomic E-state index is 0.0451. The molecule has 1 atom stereocenters. The first-order chi connectivity index (χ1) is 12.8. The number of rotatable bonds is 7. The van der Waals surface area contributed by atoms with Gasteiger partial charge < -0.3 is 15.1 Å². The Bertz CT molecular complexity index is 779. The lowest BCUT2D eigenvalue weighted by Crippen LogP contribution is -3.08. The van der Waals surface area contributed by atoms with E-state index in [1.807, 2.05) is 39.1 Å². The second kappa shape index (κ2) is 9.33. The van der Waals surface area contributed by atoms with Crippen molar-refractivity contribution in [3.05, 3.63) is 64.7 Å². The number of carbonyl (C=O) groups excluding carboxylic acids is 2. The zero-order chi connectivity index (χ0) is 20.0. The second-order valence-corrected chi connectivity index (χ2v) is 7.36. The normalized spacial score (nSPS) is 11.7. The van der Waals surface area contributed by atoms with E-state index in [9.17, 15) is 9.59 Å². The van der Waals surface area contributed by atoms with Crippen LogP contribution in [0, 0.1) is 20.8 Å². The molecule has 2 rings (SSSR count). The van der Waals surface area contributed by atoms with E-state index >= 15 is 0 Å². The van der Waals surface area contributed by atoms with E-state index in [0.717, 1.165) is 28.3 Å². The highest BCUT2D eigenvalue weighted by Crippen LogP contribution is 2.19. The van der Waals surface area contributed by atoms with Crippen LogP contribution >= 0.6 is 0 Å². The molecular formula is C22H30N3O2+. The molecule has 0 saturated carbocycles. The maximum absolute atomic E-state index is 12.4. The maximum atomic E-state index is 12.4. The van der Waals surface area contributed by atoms with Crippen molar-refractivity contribution in [2.24, 2.45) is 0 Å². The van der Waals surface area contributed by atoms with Gasteiger partial charge in [-0.05, 0) is 31.9 Å². The Kier molecular flexibility index (Phi) is 7.13. The predicted molar refractivity (Wildman–Crippen MR) is 109 cm³/mol. The van der Waals surface area contributed by atoms with Crippen molar-refractivity contribution in [1.29, 1.82) is 0 Å². The van der Waals surface area contributed by atoms with E-state index in [1.165, 1.54) is 16.0 Å². The van der Waals surface area contributed by atoms with Crippen LogP contribution < -0.4 is 10.2 Å². The van der Waals surface area contributed by atoms with E-state index in [4.69, 9.17) is 0 Å². The van der Waals surface area contributed by atoms with Gasteiger partial charge in [0, 0.05) is 18.3 Å². The van der Waals surface area contributed by atoms with Gasteiger partial charge in [-0.1, -0.05) is 48.0 Å². The van der Waals surface area contributed by atoms with Gasteiger partial charge in [-0.2, -0.15) is 0 Å². The number of aryl methyl sites for hydroxylation is 3. The average molecular weight is 369 g/mol. The van der Waals surface area contributed by atoms with Crippen molar-refractivity contribution in [2.45, 2.75) is 27.3 Å². The summed E-state index contributed by atoms with van der Waals surface area (Å²) >= 11 is 0. The van der Waals surface area contributed by atoms with Crippen LogP contribution in [0.4, 0.5) is 5.69 Å². The molecular weight excluding hydrogens is 338 g/mol. The number of quaternary nitrogens is 1. The molecule has 27 heavy (non-hydrogen) atoms. The molecule has 0 spiro atoms. The molecule has 0 aliphatic heterocycles. The van der Waals surface area contributed by atoms with E-state index in [1.54, 1.807) is 7.05 Å². The van der Waals surface area contributed by atoms with Crippen molar-refractivity contribution in [1.82, 2.24) is 4.90 Å². The zero-order valence-corrected chi connectivity index (χ0v) is 16.9. The summed E-state index contributed by atoms with van der Waals surface area (Å²) in [6, 6.07) is 14.2. The topological polar surface area (TPSA) is 53.9 Å². The standard InChI is InChI=1S/C22H29N3O2/c1-16-9-11-19(12-10-16)13-24(4)15-21(27)25(5)14-20(26)23-22-17(2)7-6-8-18(22)3/h6-12H,13-15H2,1-5H3,(H,23,26)/p+1. The van der Waals surface area contributed by atoms with Crippen molar-refractivity contribution in [2.75, 3.05) is 32.5 Å². The fraction of sp³-hybridized carbons (Fsp3) is 0.364. The molecule has 0 radical (unpaired) electrons. The molecule has 2 amide bonds. The molecule has 0 aromatic heterocycles. The number of likely N-dealkylation sites (N-methyl/N-ethyl adjacent to an activating group) is 2. The van der Waals surface area contributed by atoms with Gasteiger partial charge >= 0.3 is 0 Å². The Balaban J connectivity index is 1.85. The molecule has 2 aromatic carbocycles. The number of para-hydroxylation sites is 1. The molecule has 5 heteroatoms. The number of anilines is 1. The third-order valence-corrected chi connectivity index (χ3v) is 4.63. The van der Waals surface area contributed by atoms with Crippen LogP contribution in [0.1, 0.15) is 22.3 Å². The van der Waals surface area contributed by atoms with Crippen molar-refractivity contribution in [3.8, 4) is 0 Å². The highest BCUT2D eigenvalue weighted by molar-refractivity contribution is 5.95. The van der Waals surface area contributed by atoms with Crippen molar-refractivity contribution < 1.29 is 14.5 Å². The van der Waals surface area contributed by atoms with E-state index < -0.39 is 0 Å². The third kappa shape index (κ3) is 6.22. The van der Waals surface area contributed by atoms with Gasteiger partial charge in [0.1, 0.15) is 6.54 Å². The number of benzene rings is 2. The molecule has 1 unspecified atom stereocenters. The van der Waals surface area contributed by atoms with E-state index in [0.29, 0.717) is 6.54 Å². The number of amides is 2. The summed E-state index contributed by atoms with van der Waals surface area (Å²) in [7, 11) is 3.66. The maximum Gasteiger partial charge on any atom is 0.277 e. The minimum atomic E-state index is -0.181. The lowest BCUT2D eigenvalue weighted by Gasteiger charge is -2.20. The van der Waals surface area contributed by atoms with Gasteiger partial charge in [0.05, 0.1) is 13.6 Å². The average Bonchev–Trinajstić information content (AvgIpc) is 2.60. The summed E-state index contributed by atoms with van der Waals surface area (Å²) < 4.78 is 0. The number of nitrogens with zero attached hydrogens (tertiary/aromatic N) is 1. The van der Waals surface area contributed by atoms with Crippen LogP contribution in [0.3, 0.4) is 0 Å². The summed E-state index contributed by atoms with van der Waals surface area (Å²) in [6.45, 7) is 7.14. The van der Waals surface area contributed by atoms with Crippen LogP contribution in [0.15, 0.2) is 42.5 Å². The summed E-state index contributed by atoms with van der Waals surface area (Å²) in [6.07, 6.45) is 0. The van der Waals surface area contributed by atoms with E-state index in [2.05, 4.69) is 36.5 Å². The Hall–Kier alpha value is -2.66. The van der Waals surface area contributed by atoms with Crippen LogP contribution in [-0.2, 0) is 16.1 Å². The molecule has 5 nitrogen and oxygen atoms in total. The zero-order valence-electron chi connectivity index (χ0n) is 16.9. The summed E-state index contributed by atoms with van der Waals surface area (Å²) in [5.74, 6) is -0.226. The monoisotopic (exact) mass is 368 g/mol. The van der Waals surface area contributed by atoms with Crippen LogP contribution in [-0.4, -0.2) is 43.9 Å². The molecule has 0 fully saturated rings. The SMILES string of the molecule is Cc1ccc(C[NH+](C)CC(=O)N(C)CC(=O)Nc2c(C)cccc2C)cc1. The van der Waals surface area contributed by atoms with Gasteiger partial charge in [0.25, 0.3) is 5.91 Å². The largest absolute Gasteiger partial charge is 0.332 e. The van der Waals surface area contributed by atoms with Crippen LogP contribution in [0.5, 0.6) is 0 Å². The molecule has 0 aliphatic rings. The summed E-state index contributed by atoms with van der Waals surface area (Å²) in [5, 5.41) is 2.92. The Morgan fingerprint density at radius 3 is 2.19 bits per heavy atom. The van der Waals surface area contributed by atoms with Gasteiger partial charge in [-0.15, -0.1) is 0 Å². The number of hydrogen-bond acceptors (Lipinski definition) is 2. The Labute approximate surface area is 162 Å². The molecule has 0 heterocycles. The second-order valence-electron chi connectivity index (χ2n) is 7.36. The Morgan fingerprint density at radius 2 is 1.59 bits per heavy atom. The number of nitrogens with one attached hydrogen (secondary N) is 2. The van der Waals surface area contributed by atoms with Crippen molar-refractivity contribution in [3.63, 3.8) is 0 Å². The minimum Gasteiger partial charge on any atom is -0.332 e. The van der Waals surface area contributed by atoms with Gasteiger partial charge in [0.2, 0.25) is 5.91 Å². The smallest absolute Gasteiger partial charge is 0.277 e. The first kappa shape index (κ1) is 20.6. The predicted octanol–water partition coefficient (Wildman–Crippen LogP) is 1.72. The Morgan fingerprint density at radius 1 is 1.00 bits per heavy atom. The summed E-state index contributed by atoms with van der Waals surface area (Å²) in [5.41, 5.74) is 5.27. The first-order valence-corrected chi connectivity index (χ1v) is 9.23. The fourth-order valence-corrected chi connectivity index (χ4v) is 3.00. The van der Waals surface area contributed by atoms with Crippen LogP contribution in [0.25, 0.3) is 0 Å². The van der Waals surface area contributed by atoms with Gasteiger partial charge in [-0.25, -0.2) is 0 Å². The highest BCUT2D eigenvalue weighted by Gasteiger charge is 2.18. The molecule has 0 saturated heterocycles. The molecule has 0 bridgehead atoms. The number of carbonyl (C=O) groups is 2. The molecule has 0 aliphatic carbocycles. The van der Waals surface area contributed by atoms with Crippen molar-refractivity contribution >= 4 is 17.5 Å². The van der Waals surface area contributed by atoms with Crippen LogP contribution in [0.2, 0.25) is 0 Å². The lowest BCUT2D eigenvalue weighted by atomic mass is 10.1. The molecule has 2 N–H and O–H groups in total. The lowest BCUT2D eigenvalue weighted by molar-refractivity contribution is -0.885. The highest BCUT2D eigenvalue weighted by atomic mass is 16.2. The quantitative estimate of drug-likeness (QED) is 0.782. The summed E-state index contributed by atoms with van der Waals surface area (Å²) in [4.78, 5) is 27.3. The van der Waals surface area contributed by atoms with Gasteiger partial charge in [-0.3, -0.25) is 9.59 Å². The molecule has 144 valence electrons. The number of hydrogen-bond donors (Lipinski definition) is 2.